The van der Waals surface area contributed by atoms with Crippen molar-refractivity contribution in [2.45, 2.75) is 26.9 Å². The van der Waals surface area contributed by atoms with Crippen molar-refractivity contribution < 1.29 is 14.3 Å². The molecule has 0 saturated carbocycles. The molecule has 23 heavy (non-hydrogen) atoms. The smallest absolute Gasteiger partial charge is 0.191 e. The molecule has 0 saturated heterocycles. The van der Waals surface area contributed by atoms with E-state index in [2.05, 4.69) is 15.6 Å². The lowest BCUT2D eigenvalue weighted by Crippen LogP contribution is -2.36. The molecule has 0 aliphatic heterocycles. The summed E-state index contributed by atoms with van der Waals surface area (Å²) in [5.41, 5.74) is 0.960. The van der Waals surface area contributed by atoms with Crippen LogP contribution in [0.4, 0.5) is 0 Å². The molecule has 1 aromatic heterocycles. The Bertz CT molecular complexity index is 624. The monoisotopic (exact) mass is 317 g/mol. The van der Waals surface area contributed by atoms with Gasteiger partial charge in [-0.25, -0.2) is 4.99 Å². The summed E-state index contributed by atoms with van der Waals surface area (Å²) in [6.07, 6.45) is 1.65. The third kappa shape index (κ3) is 5.25. The van der Waals surface area contributed by atoms with Crippen LogP contribution in [0.1, 0.15) is 25.2 Å². The molecule has 1 heterocycles. The summed E-state index contributed by atoms with van der Waals surface area (Å²) >= 11 is 0. The molecule has 0 bridgehead atoms. The Balaban J connectivity index is 2.00. The number of aromatic hydroxyl groups is 1. The molecule has 3 N–H and O–H groups in total. The van der Waals surface area contributed by atoms with Crippen molar-refractivity contribution in [3.8, 4) is 11.5 Å². The number of ether oxygens (including phenoxy) is 1. The molecule has 0 radical (unpaired) electrons. The molecule has 6 heteroatoms. The van der Waals surface area contributed by atoms with E-state index >= 15 is 0 Å². The van der Waals surface area contributed by atoms with Gasteiger partial charge in [0.05, 0.1) is 26.0 Å². The first-order valence-corrected chi connectivity index (χ1v) is 7.72. The first kappa shape index (κ1) is 16.7. The van der Waals surface area contributed by atoms with Gasteiger partial charge in [-0.2, -0.15) is 0 Å². The molecule has 6 nitrogen and oxygen atoms in total. The Hall–Kier alpha value is -2.63. The number of phenolic OH excluding ortho intramolecular Hbond substituents is 1. The summed E-state index contributed by atoms with van der Waals surface area (Å²) in [5, 5.41) is 16.1. The van der Waals surface area contributed by atoms with Gasteiger partial charge in [-0.15, -0.1) is 0 Å². The molecule has 0 spiro atoms. The molecule has 0 amide bonds. The van der Waals surface area contributed by atoms with Gasteiger partial charge in [0.15, 0.2) is 17.5 Å². The van der Waals surface area contributed by atoms with E-state index in [4.69, 9.17) is 9.15 Å². The zero-order valence-electron chi connectivity index (χ0n) is 13.5. The third-order valence-electron chi connectivity index (χ3n) is 3.10. The number of guanidine groups is 1. The van der Waals surface area contributed by atoms with Crippen LogP contribution in [0.3, 0.4) is 0 Å². The quantitative estimate of drug-likeness (QED) is 0.540. The predicted molar refractivity (Wildman–Crippen MR) is 89.6 cm³/mol. The molecule has 0 unspecified atom stereocenters. The van der Waals surface area contributed by atoms with E-state index in [9.17, 15) is 5.11 Å². The Kier molecular flexibility index (Phi) is 6.35. The lowest BCUT2D eigenvalue weighted by molar-refractivity contribution is 0.318. The van der Waals surface area contributed by atoms with Crippen LogP contribution in [0.5, 0.6) is 11.5 Å². The number of rotatable bonds is 7. The largest absolute Gasteiger partial charge is 0.504 e. The number of phenols is 1. The van der Waals surface area contributed by atoms with Gasteiger partial charge in [0.2, 0.25) is 0 Å². The van der Waals surface area contributed by atoms with Gasteiger partial charge in [0.1, 0.15) is 5.76 Å². The Morgan fingerprint density at radius 3 is 2.83 bits per heavy atom. The first-order valence-electron chi connectivity index (χ1n) is 7.72. The van der Waals surface area contributed by atoms with Crippen molar-refractivity contribution in [2.75, 3.05) is 13.2 Å². The fourth-order valence-corrected chi connectivity index (χ4v) is 2.02. The van der Waals surface area contributed by atoms with E-state index < -0.39 is 0 Å². The van der Waals surface area contributed by atoms with Crippen LogP contribution >= 0.6 is 0 Å². The minimum atomic E-state index is 0.141. The zero-order valence-corrected chi connectivity index (χ0v) is 13.5. The molecular formula is C17H23N3O3. The molecule has 0 fully saturated rings. The van der Waals surface area contributed by atoms with Gasteiger partial charge in [-0.3, -0.25) is 0 Å². The van der Waals surface area contributed by atoms with Crippen LogP contribution < -0.4 is 15.4 Å². The number of aliphatic imine (C=N–C) groups is 1. The topological polar surface area (TPSA) is 79.0 Å². The molecule has 1 aromatic carbocycles. The fraction of sp³-hybridized carbons (Fsp3) is 0.353. The Labute approximate surface area is 136 Å². The standard InChI is InChI=1S/C17H23N3O3/c1-3-18-17(20-12-14-6-5-9-23-14)19-11-13-7-8-15(21)16(10-13)22-4-2/h5-10,21H,3-4,11-12H2,1-2H3,(H2,18,19,20). The minimum absolute atomic E-state index is 0.141. The average molecular weight is 317 g/mol. The molecule has 2 rings (SSSR count). The van der Waals surface area contributed by atoms with E-state index in [1.165, 1.54) is 0 Å². The van der Waals surface area contributed by atoms with Crippen LogP contribution in [-0.4, -0.2) is 24.2 Å². The van der Waals surface area contributed by atoms with E-state index in [1.54, 1.807) is 18.4 Å². The van der Waals surface area contributed by atoms with Crippen LogP contribution in [0.15, 0.2) is 46.0 Å². The number of hydrogen-bond donors (Lipinski definition) is 3. The maximum Gasteiger partial charge on any atom is 0.191 e. The Morgan fingerprint density at radius 2 is 2.13 bits per heavy atom. The molecule has 0 aliphatic carbocycles. The summed E-state index contributed by atoms with van der Waals surface area (Å²) in [6.45, 7) is 6.22. The number of benzene rings is 1. The summed E-state index contributed by atoms with van der Waals surface area (Å²) < 4.78 is 10.7. The fourth-order valence-electron chi connectivity index (χ4n) is 2.02. The van der Waals surface area contributed by atoms with Crippen molar-refractivity contribution in [1.29, 1.82) is 0 Å². The van der Waals surface area contributed by atoms with Crippen molar-refractivity contribution in [3.05, 3.63) is 47.9 Å². The minimum Gasteiger partial charge on any atom is -0.504 e. The van der Waals surface area contributed by atoms with Crippen LogP contribution in [0.25, 0.3) is 0 Å². The highest BCUT2D eigenvalue weighted by Crippen LogP contribution is 2.27. The summed E-state index contributed by atoms with van der Waals surface area (Å²) in [5.74, 6) is 2.17. The highest BCUT2D eigenvalue weighted by Gasteiger charge is 2.04. The van der Waals surface area contributed by atoms with Gasteiger partial charge in [0.25, 0.3) is 0 Å². The summed E-state index contributed by atoms with van der Waals surface area (Å²) in [6, 6.07) is 9.02. The van der Waals surface area contributed by atoms with E-state index in [0.29, 0.717) is 31.4 Å². The van der Waals surface area contributed by atoms with Crippen molar-refractivity contribution in [3.63, 3.8) is 0 Å². The maximum atomic E-state index is 9.72. The molecule has 0 atom stereocenters. The van der Waals surface area contributed by atoms with Gasteiger partial charge in [0, 0.05) is 6.54 Å². The second-order valence-corrected chi connectivity index (χ2v) is 4.86. The Morgan fingerprint density at radius 1 is 1.26 bits per heavy atom. The van der Waals surface area contributed by atoms with Crippen molar-refractivity contribution >= 4 is 5.96 Å². The normalized spacial score (nSPS) is 11.3. The second-order valence-electron chi connectivity index (χ2n) is 4.86. The molecule has 2 aromatic rings. The highest BCUT2D eigenvalue weighted by atomic mass is 16.5. The lowest BCUT2D eigenvalue weighted by Gasteiger charge is -2.11. The SMILES string of the molecule is CCNC(=NCc1ccc(O)c(OCC)c1)NCc1ccco1. The van der Waals surface area contributed by atoms with Crippen LogP contribution in [-0.2, 0) is 13.1 Å². The van der Waals surface area contributed by atoms with Gasteiger partial charge >= 0.3 is 0 Å². The second kappa shape index (κ2) is 8.73. The number of hydrogen-bond acceptors (Lipinski definition) is 4. The van der Waals surface area contributed by atoms with E-state index in [0.717, 1.165) is 17.9 Å². The van der Waals surface area contributed by atoms with E-state index in [1.807, 2.05) is 32.0 Å². The number of nitrogens with one attached hydrogen (secondary N) is 2. The van der Waals surface area contributed by atoms with Gasteiger partial charge in [-0.1, -0.05) is 6.07 Å². The first-order chi connectivity index (χ1) is 11.2. The number of nitrogens with zero attached hydrogens (tertiary/aromatic N) is 1. The van der Waals surface area contributed by atoms with Crippen LogP contribution in [0, 0.1) is 0 Å². The van der Waals surface area contributed by atoms with Crippen molar-refractivity contribution in [2.24, 2.45) is 4.99 Å². The predicted octanol–water partition coefficient (Wildman–Crippen LogP) is 2.64. The highest BCUT2D eigenvalue weighted by molar-refractivity contribution is 5.79. The molecule has 124 valence electrons. The maximum absolute atomic E-state index is 9.72. The van der Waals surface area contributed by atoms with Gasteiger partial charge < -0.3 is 24.9 Å². The summed E-state index contributed by atoms with van der Waals surface area (Å²) in [4.78, 5) is 4.53. The van der Waals surface area contributed by atoms with E-state index in [-0.39, 0.29) is 5.75 Å². The third-order valence-corrected chi connectivity index (χ3v) is 3.10. The van der Waals surface area contributed by atoms with Gasteiger partial charge in [-0.05, 0) is 43.7 Å². The number of furan rings is 1. The van der Waals surface area contributed by atoms with Crippen molar-refractivity contribution in [1.82, 2.24) is 10.6 Å². The zero-order chi connectivity index (χ0) is 16.5. The molecule has 0 aliphatic rings. The summed E-state index contributed by atoms with van der Waals surface area (Å²) in [7, 11) is 0. The van der Waals surface area contributed by atoms with Crippen LogP contribution in [0.2, 0.25) is 0 Å². The lowest BCUT2D eigenvalue weighted by atomic mass is 10.2. The molecular weight excluding hydrogens is 294 g/mol. The average Bonchev–Trinajstić information content (AvgIpc) is 3.06.